The van der Waals surface area contributed by atoms with E-state index in [9.17, 15) is 9.18 Å². The molecule has 1 aliphatic rings. The summed E-state index contributed by atoms with van der Waals surface area (Å²) in [6, 6.07) is 0. The van der Waals surface area contributed by atoms with Crippen LogP contribution in [0.1, 0.15) is 67.7 Å². The lowest BCUT2D eigenvalue weighted by atomic mass is 9.83. The van der Waals surface area contributed by atoms with E-state index in [1.54, 1.807) is 13.8 Å². The molecule has 0 saturated carbocycles. The zero-order valence-corrected chi connectivity index (χ0v) is 15.5. The van der Waals surface area contributed by atoms with Gasteiger partial charge >= 0.3 is 13.1 Å². The maximum atomic E-state index is 14.6. The molecule has 1 rings (SSSR count). The SMILES string of the molecule is CCOC(=O)C(CC)CCC(C)=C(F)B1OC(C)(C)C(C)(C)O1. The van der Waals surface area contributed by atoms with Gasteiger partial charge in [0.2, 0.25) is 0 Å². The second kappa shape index (κ2) is 7.80. The molecule has 0 aliphatic carbocycles. The summed E-state index contributed by atoms with van der Waals surface area (Å²) in [4.78, 5) is 11.8. The normalized spacial score (nSPS) is 21.8. The third-order valence-corrected chi connectivity index (χ3v) is 4.85. The van der Waals surface area contributed by atoms with Crippen molar-refractivity contribution in [3.63, 3.8) is 0 Å². The van der Waals surface area contributed by atoms with Crippen LogP contribution in [0.3, 0.4) is 0 Å². The third-order valence-electron chi connectivity index (χ3n) is 4.85. The molecule has 1 atom stereocenters. The van der Waals surface area contributed by atoms with E-state index in [1.807, 2.05) is 34.6 Å². The van der Waals surface area contributed by atoms with Gasteiger partial charge in [-0.15, -0.1) is 0 Å². The average Bonchev–Trinajstić information content (AvgIpc) is 2.67. The first-order valence-corrected chi connectivity index (χ1v) is 8.43. The van der Waals surface area contributed by atoms with Crippen molar-refractivity contribution in [2.45, 2.75) is 78.9 Å². The Balaban J connectivity index is 2.70. The molecule has 1 unspecified atom stereocenters. The number of halogens is 1. The van der Waals surface area contributed by atoms with E-state index in [0.29, 0.717) is 31.4 Å². The smallest absolute Gasteiger partial charge is 0.466 e. The lowest BCUT2D eigenvalue weighted by Crippen LogP contribution is -2.41. The molecule has 0 aromatic carbocycles. The maximum absolute atomic E-state index is 14.6. The Morgan fingerprint density at radius 3 is 2.13 bits per heavy atom. The number of esters is 1. The molecule has 0 radical (unpaired) electrons. The Morgan fingerprint density at radius 2 is 1.70 bits per heavy atom. The third kappa shape index (κ3) is 4.80. The highest BCUT2D eigenvalue weighted by molar-refractivity contribution is 6.53. The Bertz CT molecular complexity index is 444. The molecular formula is C17H30BFO4. The number of rotatable bonds is 7. The molecule has 0 aromatic heterocycles. The number of carbonyl (C=O) groups is 1. The number of hydrogen-bond donors (Lipinski definition) is 0. The first kappa shape index (κ1) is 20.2. The molecule has 23 heavy (non-hydrogen) atoms. The summed E-state index contributed by atoms with van der Waals surface area (Å²) in [5, 5.41) is 0. The number of ether oxygens (including phenoxy) is 1. The van der Waals surface area contributed by atoms with Crippen LogP contribution in [-0.2, 0) is 18.8 Å². The monoisotopic (exact) mass is 328 g/mol. The fourth-order valence-electron chi connectivity index (χ4n) is 2.41. The van der Waals surface area contributed by atoms with Gasteiger partial charge in [0.15, 0.2) is 0 Å². The van der Waals surface area contributed by atoms with Crippen LogP contribution in [0.15, 0.2) is 11.3 Å². The predicted molar refractivity (Wildman–Crippen MR) is 89.5 cm³/mol. The molecule has 0 spiro atoms. The van der Waals surface area contributed by atoms with Crippen LogP contribution < -0.4 is 0 Å². The van der Waals surface area contributed by atoms with Gasteiger partial charge in [0.05, 0.1) is 23.7 Å². The van der Waals surface area contributed by atoms with E-state index in [1.165, 1.54) is 0 Å². The van der Waals surface area contributed by atoms with Crippen molar-refractivity contribution < 1.29 is 23.2 Å². The Kier molecular flexibility index (Phi) is 6.84. The van der Waals surface area contributed by atoms with E-state index in [-0.39, 0.29) is 17.6 Å². The lowest BCUT2D eigenvalue weighted by molar-refractivity contribution is -0.148. The van der Waals surface area contributed by atoms with Crippen LogP contribution in [0.2, 0.25) is 0 Å². The standard InChI is InChI=1S/C17H30BFO4/c1-8-13(15(20)21-9-2)11-10-12(3)14(19)18-22-16(4,5)17(6,7)23-18/h13H,8-11H2,1-7H3. The molecule has 0 aromatic rings. The molecule has 132 valence electrons. The summed E-state index contributed by atoms with van der Waals surface area (Å²) in [7, 11) is -0.970. The summed E-state index contributed by atoms with van der Waals surface area (Å²) >= 11 is 0. The number of carbonyl (C=O) groups excluding carboxylic acids is 1. The van der Waals surface area contributed by atoms with E-state index in [0.717, 1.165) is 0 Å². The Labute approximate surface area is 139 Å². The molecule has 1 heterocycles. The molecular weight excluding hydrogens is 298 g/mol. The van der Waals surface area contributed by atoms with E-state index in [2.05, 4.69) is 0 Å². The average molecular weight is 328 g/mol. The zero-order valence-electron chi connectivity index (χ0n) is 15.5. The van der Waals surface area contributed by atoms with Gasteiger partial charge in [0, 0.05) is 0 Å². The van der Waals surface area contributed by atoms with Crippen molar-refractivity contribution in [3.8, 4) is 0 Å². The van der Waals surface area contributed by atoms with Crippen LogP contribution in [0.5, 0.6) is 0 Å². The lowest BCUT2D eigenvalue weighted by Gasteiger charge is -2.32. The van der Waals surface area contributed by atoms with Crippen molar-refractivity contribution >= 4 is 13.1 Å². The summed E-state index contributed by atoms with van der Waals surface area (Å²) in [6.45, 7) is 13.4. The fourth-order valence-corrected chi connectivity index (χ4v) is 2.41. The van der Waals surface area contributed by atoms with Gasteiger partial charge in [-0.05, 0) is 66.4 Å². The zero-order chi connectivity index (χ0) is 17.8. The first-order valence-electron chi connectivity index (χ1n) is 8.43. The summed E-state index contributed by atoms with van der Waals surface area (Å²) in [5.74, 6) is -0.408. The van der Waals surface area contributed by atoms with Crippen LogP contribution in [0.4, 0.5) is 4.39 Å². The Morgan fingerprint density at radius 1 is 1.17 bits per heavy atom. The van der Waals surface area contributed by atoms with Gasteiger partial charge < -0.3 is 14.0 Å². The Hall–Kier alpha value is -0.875. The van der Waals surface area contributed by atoms with Gasteiger partial charge in [-0.3, -0.25) is 4.79 Å². The predicted octanol–water partition coefficient (Wildman–Crippen LogP) is 4.23. The van der Waals surface area contributed by atoms with Crippen molar-refractivity contribution in [1.82, 2.24) is 0 Å². The molecule has 6 heteroatoms. The maximum Gasteiger partial charge on any atom is 0.525 e. The minimum absolute atomic E-state index is 0.198. The van der Waals surface area contributed by atoms with Gasteiger partial charge in [0.1, 0.15) is 5.73 Å². The molecule has 1 aliphatic heterocycles. The molecule has 0 bridgehead atoms. The second-order valence-corrected chi connectivity index (χ2v) is 7.11. The van der Waals surface area contributed by atoms with Crippen LogP contribution in [0.25, 0.3) is 0 Å². The molecule has 1 fully saturated rings. The topological polar surface area (TPSA) is 44.8 Å². The number of allylic oxidation sites excluding steroid dienone is 1. The van der Waals surface area contributed by atoms with Gasteiger partial charge in [-0.25, -0.2) is 4.39 Å². The first-order chi connectivity index (χ1) is 10.6. The van der Waals surface area contributed by atoms with Crippen molar-refractivity contribution in [3.05, 3.63) is 11.3 Å². The largest absolute Gasteiger partial charge is 0.525 e. The van der Waals surface area contributed by atoms with Crippen LogP contribution >= 0.6 is 0 Å². The molecule has 0 N–H and O–H groups in total. The van der Waals surface area contributed by atoms with Crippen LogP contribution in [-0.4, -0.2) is 30.9 Å². The minimum Gasteiger partial charge on any atom is -0.466 e. The van der Waals surface area contributed by atoms with E-state index in [4.69, 9.17) is 14.0 Å². The highest BCUT2D eigenvalue weighted by Crippen LogP contribution is 2.39. The summed E-state index contributed by atoms with van der Waals surface area (Å²) < 4.78 is 31.1. The van der Waals surface area contributed by atoms with E-state index >= 15 is 0 Å². The summed E-state index contributed by atoms with van der Waals surface area (Å²) in [6.07, 6.45) is 1.73. The minimum atomic E-state index is -0.970. The van der Waals surface area contributed by atoms with Crippen LogP contribution in [0, 0.1) is 5.92 Å². The van der Waals surface area contributed by atoms with Crippen molar-refractivity contribution in [2.75, 3.05) is 6.61 Å². The van der Waals surface area contributed by atoms with Gasteiger partial charge in [-0.2, -0.15) is 0 Å². The van der Waals surface area contributed by atoms with Crippen molar-refractivity contribution in [2.24, 2.45) is 5.92 Å². The van der Waals surface area contributed by atoms with Crippen molar-refractivity contribution in [1.29, 1.82) is 0 Å². The van der Waals surface area contributed by atoms with Gasteiger partial charge in [-0.1, -0.05) is 6.92 Å². The molecule has 1 saturated heterocycles. The van der Waals surface area contributed by atoms with E-state index < -0.39 is 18.3 Å². The summed E-state index contributed by atoms with van der Waals surface area (Å²) in [5.41, 5.74) is -0.952. The quantitative estimate of drug-likeness (QED) is 0.518. The number of hydrogen-bond acceptors (Lipinski definition) is 4. The molecule has 0 amide bonds. The van der Waals surface area contributed by atoms with Gasteiger partial charge in [0.25, 0.3) is 0 Å². The highest BCUT2D eigenvalue weighted by Gasteiger charge is 2.53. The highest BCUT2D eigenvalue weighted by atomic mass is 19.1. The second-order valence-electron chi connectivity index (χ2n) is 7.11. The molecule has 4 nitrogen and oxygen atoms in total. The fraction of sp³-hybridized carbons (Fsp3) is 0.824.